The molecule has 2 aromatic carbocycles. The zero-order valence-corrected chi connectivity index (χ0v) is 14.6. The highest BCUT2D eigenvalue weighted by Gasteiger charge is 2.13. The van der Waals surface area contributed by atoms with Crippen molar-refractivity contribution in [2.24, 2.45) is 0 Å². The molecule has 3 rings (SSSR count). The Bertz CT molecular complexity index is 1010. The lowest BCUT2D eigenvalue weighted by molar-refractivity contribution is 0.102. The summed E-state index contributed by atoms with van der Waals surface area (Å²) in [6.45, 7) is 0. The van der Waals surface area contributed by atoms with Gasteiger partial charge in [-0.2, -0.15) is 0 Å². The van der Waals surface area contributed by atoms with Crippen LogP contribution in [0.25, 0.3) is 10.2 Å². The number of sulfone groups is 1. The van der Waals surface area contributed by atoms with Gasteiger partial charge in [-0.1, -0.05) is 17.4 Å². The predicted octanol–water partition coefficient (Wildman–Crippen LogP) is 2.96. The number of hydrogen-bond donors (Lipinski definition) is 1. The summed E-state index contributed by atoms with van der Waals surface area (Å²) in [5, 5.41) is 3.17. The number of para-hydroxylation sites is 1. The Kier molecular flexibility index (Phi) is 4.25. The topological polar surface area (TPSA) is 85.4 Å². The number of benzene rings is 2. The van der Waals surface area contributed by atoms with E-state index < -0.39 is 9.84 Å². The second-order valence-corrected chi connectivity index (χ2v) is 8.12. The van der Waals surface area contributed by atoms with Crippen LogP contribution in [0.1, 0.15) is 10.4 Å². The summed E-state index contributed by atoms with van der Waals surface area (Å²) in [4.78, 5) is 16.8. The van der Waals surface area contributed by atoms with Crippen LogP contribution in [0.5, 0.6) is 5.75 Å². The van der Waals surface area contributed by atoms with E-state index in [0.717, 1.165) is 11.0 Å². The minimum absolute atomic E-state index is 0.170. The number of fused-ring (bicyclic) bond motifs is 1. The number of aromatic nitrogens is 1. The summed E-state index contributed by atoms with van der Waals surface area (Å²) in [5.74, 6) is 0.287. The molecular weight excluding hydrogens is 348 g/mol. The molecule has 0 spiro atoms. The lowest BCUT2D eigenvalue weighted by Gasteiger charge is -2.03. The van der Waals surface area contributed by atoms with E-state index in [2.05, 4.69) is 10.3 Å². The molecule has 0 aliphatic carbocycles. The van der Waals surface area contributed by atoms with Crippen LogP contribution in [0, 0.1) is 0 Å². The molecule has 1 aromatic heterocycles. The fourth-order valence-electron chi connectivity index (χ4n) is 2.16. The Hall–Kier alpha value is -2.45. The van der Waals surface area contributed by atoms with Crippen LogP contribution in [0.4, 0.5) is 5.13 Å². The molecule has 6 nitrogen and oxygen atoms in total. The lowest BCUT2D eigenvalue weighted by Crippen LogP contribution is -2.11. The molecule has 124 valence electrons. The molecule has 0 saturated heterocycles. The van der Waals surface area contributed by atoms with Crippen molar-refractivity contribution in [2.75, 3.05) is 18.7 Å². The standard InChI is InChI=1S/C16H14N2O4S2/c1-22-12-4-3-5-13-14(12)17-16(23-13)18-15(19)10-6-8-11(9-7-10)24(2,20)21/h3-9H,1-2H3,(H,17,18,19). The number of rotatable bonds is 4. The van der Waals surface area contributed by atoms with Gasteiger partial charge in [0.15, 0.2) is 15.0 Å². The maximum Gasteiger partial charge on any atom is 0.257 e. The average molecular weight is 362 g/mol. The quantitative estimate of drug-likeness (QED) is 0.771. The van der Waals surface area contributed by atoms with Crippen molar-refractivity contribution >= 4 is 42.4 Å². The first kappa shape index (κ1) is 16.4. The highest BCUT2D eigenvalue weighted by atomic mass is 32.2. The van der Waals surface area contributed by atoms with Crippen LogP contribution in [-0.2, 0) is 9.84 Å². The van der Waals surface area contributed by atoms with E-state index in [0.29, 0.717) is 22.0 Å². The molecule has 1 heterocycles. The molecule has 0 atom stereocenters. The summed E-state index contributed by atoms with van der Waals surface area (Å²) < 4.78 is 29.0. The highest BCUT2D eigenvalue weighted by Crippen LogP contribution is 2.32. The fourth-order valence-corrected chi connectivity index (χ4v) is 3.67. The van der Waals surface area contributed by atoms with E-state index in [1.807, 2.05) is 12.1 Å². The number of carbonyl (C=O) groups is 1. The Morgan fingerprint density at radius 1 is 1.17 bits per heavy atom. The first-order chi connectivity index (χ1) is 11.4. The largest absolute Gasteiger partial charge is 0.494 e. The molecule has 3 aromatic rings. The van der Waals surface area contributed by atoms with Gasteiger partial charge < -0.3 is 4.74 Å². The smallest absolute Gasteiger partial charge is 0.257 e. The first-order valence-electron chi connectivity index (χ1n) is 6.93. The van der Waals surface area contributed by atoms with Crippen molar-refractivity contribution < 1.29 is 17.9 Å². The summed E-state index contributed by atoms with van der Waals surface area (Å²) in [6.07, 6.45) is 1.12. The van der Waals surface area contributed by atoms with Gasteiger partial charge in [-0.3, -0.25) is 10.1 Å². The number of anilines is 1. The van der Waals surface area contributed by atoms with Gasteiger partial charge in [-0.15, -0.1) is 0 Å². The number of carbonyl (C=O) groups excluding carboxylic acids is 1. The normalized spacial score (nSPS) is 11.4. The van der Waals surface area contributed by atoms with Gasteiger partial charge in [-0.05, 0) is 36.4 Å². The SMILES string of the molecule is COc1cccc2sc(NC(=O)c3ccc(S(C)(=O)=O)cc3)nc12. The van der Waals surface area contributed by atoms with Crippen LogP contribution < -0.4 is 10.1 Å². The molecule has 24 heavy (non-hydrogen) atoms. The van der Waals surface area contributed by atoms with Crippen LogP contribution in [0.2, 0.25) is 0 Å². The maximum atomic E-state index is 12.3. The molecule has 1 N–H and O–H groups in total. The molecule has 0 fully saturated rings. The van der Waals surface area contributed by atoms with Gasteiger partial charge in [-0.25, -0.2) is 13.4 Å². The summed E-state index contributed by atoms with van der Waals surface area (Å²) in [5.41, 5.74) is 1.04. The van der Waals surface area contributed by atoms with Crippen molar-refractivity contribution in [3.63, 3.8) is 0 Å². The van der Waals surface area contributed by atoms with Crippen molar-refractivity contribution in [3.05, 3.63) is 48.0 Å². The zero-order valence-electron chi connectivity index (χ0n) is 12.9. The molecule has 1 amide bonds. The second kappa shape index (κ2) is 6.21. The molecule has 0 saturated carbocycles. The number of nitrogens with zero attached hydrogens (tertiary/aromatic N) is 1. The first-order valence-corrected chi connectivity index (χ1v) is 9.64. The van der Waals surface area contributed by atoms with E-state index in [1.165, 1.54) is 35.6 Å². The molecule has 0 radical (unpaired) electrons. The summed E-state index contributed by atoms with van der Waals surface area (Å²) >= 11 is 1.34. The number of nitrogens with one attached hydrogen (secondary N) is 1. The highest BCUT2D eigenvalue weighted by molar-refractivity contribution is 7.90. The molecular formula is C16H14N2O4S2. The van der Waals surface area contributed by atoms with Gasteiger partial charge in [0, 0.05) is 11.8 Å². The third-order valence-electron chi connectivity index (χ3n) is 3.37. The van der Waals surface area contributed by atoms with E-state index in [4.69, 9.17) is 4.74 Å². The molecule has 8 heteroatoms. The summed E-state index contributed by atoms with van der Waals surface area (Å²) in [7, 11) is -1.72. The van der Waals surface area contributed by atoms with Gasteiger partial charge >= 0.3 is 0 Å². The van der Waals surface area contributed by atoms with Gasteiger partial charge in [0.25, 0.3) is 5.91 Å². The van der Waals surface area contributed by atoms with E-state index in [-0.39, 0.29) is 10.8 Å². The van der Waals surface area contributed by atoms with Crippen molar-refractivity contribution in [1.82, 2.24) is 4.98 Å². The number of thiazole rings is 1. The van der Waals surface area contributed by atoms with E-state index in [1.54, 1.807) is 13.2 Å². The number of amides is 1. The van der Waals surface area contributed by atoms with Crippen molar-refractivity contribution in [3.8, 4) is 5.75 Å². The number of hydrogen-bond acceptors (Lipinski definition) is 6. The maximum absolute atomic E-state index is 12.3. The van der Waals surface area contributed by atoms with Crippen molar-refractivity contribution in [1.29, 1.82) is 0 Å². The molecule has 0 unspecified atom stereocenters. The minimum atomic E-state index is -3.29. The fraction of sp³-hybridized carbons (Fsp3) is 0.125. The summed E-state index contributed by atoms with van der Waals surface area (Å²) in [6, 6.07) is 11.3. The Balaban J connectivity index is 1.84. The molecule has 0 aliphatic heterocycles. The third kappa shape index (κ3) is 3.24. The number of methoxy groups -OCH3 is 1. The second-order valence-electron chi connectivity index (χ2n) is 5.08. The van der Waals surface area contributed by atoms with Crippen LogP contribution in [0.3, 0.4) is 0 Å². The number of ether oxygens (including phenoxy) is 1. The average Bonchev–Trinajstić information content (AvgIpc) is 2.96. The monoisotopic (exact) mass is 362 g/mol. The van der Waals surface area contributed by atoms with E-state index in [9.17, 15) is 13.2 Å². The van der Waals surface area contributed by atoms with Crippen molar-refractivity contribution in [2.45, 2.75) is 4.90 Å². The lowest BCUT2D eigenvalue weighted by atomic mass is 10.2. The predicted molar refractivity (Wildman–Crippen MR) is 93.7 cm³/mol. The van der Waals surface area contributed by atoms with Crippen LogP contribution >= 0.6 is 11.3 Å². The van der Waals surface area contributed by atoms with Gasteiger partial charge in [0.1, 0.15) is 11.3 Å². The van der Waals surface area contributed by atoms with Gasteiger partial charge in [0.2, 0.25) is 0 Å². The Labute approximate surface area is 143 Å². The van der Waals surface area contributed by atoms with Crippen LogP contribution in [-0.4, -0.2) is 32.7 Å². The zero-order chi connectivity index (χ0) is 17.3. The van der Waals surface area contributed by atoms with E-state index >= 15 is 0 Å². The van der Waals surface area contributed by atoms with Gasteiger partial charge in [0.05, 0.1) is 16.7 Å². The molecule has 0 bridgehead atoms. The minimum Gasteiger partial charge on any atom is -0.494 e. The third-order valence-corrected chi connectivity index (χ3v) is 5.43. The molecule has 0 aliphatic rings. The Morgan fingerprint density at radius 2 is 1.88 bits per heavy atom. The Morgan fingerprint density at radius 3 is 2.50 bits per heavy atom. The van der Waals surface area contributed by atoms with Crippen LogP contribution in [0.15, 0.2) is 47.4 Å².